The van der Waals surface area contributed by atoms with Crippen molar-refractivity contribution >= 4 is 27.6 Å². The minimum atomic E-state index is -1.17. The third-order valence-electron chi connectivity index (χ3n) is 2.37. The molecule has 8 nitrogen and oxygen atoms in total. The Labute approximate surface area is 115 Å². The summed E-state index contributed by atoms with van der Waals surface area (Å²) in [5, 5.41) is 23.8. The van der Waals surface area contributed by atoms with Crippen LogP contribution < -0.4 is 0 Å². The van der Waals surface area contributed by atoms with Gasteiger partial charge < -0.3 is 5.11 Å². The standard InChI is InChI=1S/C10H7BrN4O4/c1-14-8(10(16)17)3-6(13-14)9-7(15(18)19)2-5(11)4-12-9/h2-4H,1H3,(H,16,17). The highest BCUT2D eigenvalue weighted by Gasteiger charge is 2.22. The van der Waals surface area contributed by atoms with Crippen LogP contribution in [0.25, 0.3) is 11.4 Å². The molecule has 0 fully saturated rings. The number of rotatable bonds is 3. The zero-order valence-corrected chi connectivity index (χ0v) is 11.2. The predicted octanol–water partition coefficient (Wildman–Crippen LogP) is 1.85. The minimum absolute atomic E-state index is 0.0244. The third kappa shape index (κ3) is 2.45. The molecule has 0 saturated carbocycles. The molecule has 0 atom stereocenters. The second-order valence-corrected chi connectivity index (χ2v) is 4.54. The maximum Gasteiger partial charge on any atom is 0.354 e. The molecule has 0 spiro atoms. The second kappa shape index (κ2) is 4.76. The predicted molar refractivity (Wildman–Crippen MR) is 67.8 cm³/mol. The van der Waals surface area contributed by atoms with E-state index < -0.39 is 10.9 Å². The number of aryl methyl sites for hydroxylation is 1. The molecule has 19 heavy (non-hydrogen) atoms. The molecule has 0 aliphatic carbocycles. The molecular formula is C10H7BrN4O4. The van der Waals surface area contributed by atoms with Gasteiger partial charge in [-0.3, -0.25) is 14.8 Å². The van der Waals surface area contributed by atoms with Crippen molar-refractivity contribution in [3.63, 3.8) is 0 Å². The average molecular weight is 327 g/mol. The van der Waals surface area contributed by atoms with E-state index in [9.17, 15) is 14.9 Å². The molecule has 1 N–H and O–H groups in total. The summed E-state index contributed by atoms with van der Waals surface area (Å²) in [4.78, 5) is 25.2. The van der Waals surface area contributed by atoms with E-state index in [4.69, 9.17) is 5.11 Å². The molecule has 0 amide bonds. The highest BCUT2D eigenvalue weighted by atomic mass is 79.9. The lowest BCUT2D eigenvalue weighted by Gasteiger charge is -1.98. The van der Waals surface area contributed by atoms with Gasteiger partial charge >= 0.3 is 5.97 Å². The zero-order valence-electron chi connectivity index (χ0n) is 9.57. The van der Waals surface area contributed by atoms with E-state index in [0.717, 1.165) is 4.68 Å². The van der Waals surface area contributed by atoms with Crippen molar-refractivity contribution < 1.29 is 14.8 Å². The van der Waals surface area contributed by atoms with Gasteiger partial charge in [-0.05, 0) is 15.9 Å². The lowest BCUT2D eigenvalue weighted by Crippen LogP contribution is -2.04. The topological polar surface area (TPSA) is 111 Å². The Balaban J connectivity index is 2.62. The van der Waals surface area contributed by atoms with Gasteiger partial charge in [0.2, 0.25) is 0 Å². The number of nitrogens with zero attached hydrogens (tertiary/aromatic N) is 4. The first-order valence-electron chi connectivity index (χ1n) is 4.98. The number of carboxylic acids is 1. The van der Waals surface area contributed by atoms with E-state index in [0.29, 0.717) is 4.47 Å². The molecule has 0 unspecified atom stereocenters. The summed E-state index contributed by atoms with van der Waals surface area (Å²) in [6.07, 6.45) is 1.39. The molecule has 0 aliphatic rings. The SMILES string of the molecule is Cn1nc(-c2ncc(Br)cc2[N+](=O)[O-])cc1C(=O)O. The molecule has 0 bridgehead atoms. The van der Waals surface area contributed by atoms with Gasteiger partial charge in [-0.25, -0.2) is 9.78 Å². The third-order valence-corrected chi connectivity index (χ3v) is 2.81. The van der Waals surface area contributed by atoms with Crippen molar-refractivity contribution in [2.24, 2.45) is 7.05 Å². The van der Waals surface area contributed by atoms with Crippen molar-refractivity contribution in [1.82, 2.24) is 14.8 Å². The monoisotopic (exact) mass is 326 g/mol. The molecule has 2 rings (SSSR count). The van der Waals surface area contributed by atoms with E-state index >= 15 is 0 Å². The first-order chi connectivity index (χ1) is 8.90. The van der Waals surface area contributed by atoms with Gasteiger partial charge in [0.25, 0.3) is 5.69 Å². The van der Waals surface area contributed by atoms with Crippen molar-refractivity contribution in [2.45, 2.75) is 0 Å². The summed E-state index contributed by atoms with van der Waals surface area (Å²) in [7, 11) is 1.44. The highest BCUT2D eigenvalue weighted by Crippen LogP contribution is 2.29. The van der Waals surface area contributed by atoms with Crippen molar-refractivity contribution in [1.29, 1.82) is 0 Å². The second-order valence-electron chi connectivity index (χ2n) is 3.62. The average Bonchev–Trinajstić information content (AvgIpc) is 2.71. The molecule has 0 aliphatic heterocycles. The van der Waals surface area contributed by atoms with E-state index in [1.807, 2.05) is 0 Å². The number of nitro groups is 1. The van der Waals surface area contributed by atoms with Crippen molar-refractivity contribution in [3.05, 3.63) is 38.6 Å². The molecule has 0 aromatic carbocycles. The summed E-state index contributed by atoms with van der Waals surface area (Å²) < 4.78 is 1.59. The molecule has 2 aromatic heterocycles. The van der Waals surface area contributed by atoms with Gasteiger partial charge in [-0.1, -0.05) is 0 Å². The van der Waals surface area contributed by atoms with E-state index in [-0.39, 0.29) is 22.8 Å². The first kappa shape index (κ1) is 13.1. The molecule has 2 heterocycles. The van der Waals surface area contributed by atoms with Crippen LogP contribution in [0.3, 0.4) is 0 Å². The number of halogens is 1. The van der Waals surface area contributed by atoms with Gasteiger partial charge in [-0.2, -0.15) is 5.10 Å². The molecular weight excluding hydrogens is 320 g/mol. The summed E-state index contributed by atoms with van der Waals surface area (Å²) in [5.41, 5.74) is -0.158. The van der Waals surface area contributed by atoms with Crippen LogP contribution in [0.15, 0.2) is 22.8 Å². The van der Waals surface area contributed by atoms with Crippen LogP contribution in [0.2, 0.25) is 0 Å². The van der Waals surface area contributed by atoms with Gasteiger partial charge in [-0.15, -0.1) is 0 Å². The number of carbonyl (C=O) groups is 1. The smallest absolute Gasteiger partial charge is 0.354 e. The maximum atomic E-state index is 11.0. The Morgan fingerprint density at radius 2 is 2.21 bits per heavy atom. The Morgan fingerprint density at radius 1 is 1.53 bits per heavy atom. The zero-order chi connectivity index (χ0) is 14.2. The van der Waals surface area contributed by atoms with Gasteiger partial charge in [0, 0.05) is 29.8 Å². The molecule has 0 radical (unpaired) electrons. The Bertz CT molecular complexity index is 682. The van der Waals surface area contributed by atoms with Crippen LogP contribution in [-0.2, 0) is 7.05 Å². The van der Waals surface area contributed by atoms with E-state index in [2.05, 4.69) is 26.0 Å². The van der Waals surface area contributed by atoms with Crippen LogP contribution in [0.4, 0.5) is 5.69 Å². The Morgan fingerprint density at radius 3 is 2.74 bits per heavy atom. The minimum Gasteiger partial charge on any atom is -0.477 e. The fraction of sp³-hybridized carbons (Fsp3) is 0.100. The number of carboxylic acid groups (broad SMARTS) is 1. The largest absolute Gasteiger partial charge is 0.477 e. The molecule has 2 aromatic rings. The lowest BCUT2D eigenvalue weighted by molar-refractivity contribution is -0.384. The quantitative estimate of drug-likeness (QED) is 0.680. The normalized spacial score (nSPS) is 10.4. The van der Waals surface area contributed by atoms with Crippen LogP contribution in [0.1, 0.15) is 10.5 Å². The van der Waals surface area contributed by atoms with E-state index in [1.54, 1.807) is 0 Å². The van der Waals surface area contributed by atoms with Crippen LogP contribution in [0, 0.1) is 10.1 Å². The first-order valence-corrected chi connectivity index (χ1v) is 5.77. The van der Waals surface area contributed by atoms with Crippen LogP contribution in [0.5, 0.6) is 0 Å². The fourth-order valence-electron chi connectivity index (χ4n) is 1.55. The van der Waals surface area contributed by atoms with Crippen LogP contribution in [-0.4, -0.2) is 30.8 Å². The molecule has 9 heteroatoms. The Kier molecular flexibility index (Phi) is 3.30. The number of aromatic carboxylic acids is 1. The molecule has 0 saturated heterocycles. The van der Waals surface area contributed by atoms with Gasteiger partial charge in [0.1, 0.15) is 11.4 Å². The van der Waals surface area contributed by atoms with Gasteiger partial charge in [0.15, 0.2) is 5.69 Å². The highest BCUT2D eigenvalue weighted by molar-refractivity contribution is 9.10. The van der Waals surface area contributed by atoms with Crippen molar-refractivity contribution in [2.75, 3.05) is 0 Å². The summed E-state index contributed by atoms with van der Waals surface area (Å²) in [6.45, 7) is 0. The van der Waals surface area contributed by atoms with Crippen LogP contribution >= 0.6 is 15.9 Å². The summed E-state index contributed by atoms with van der Waals surface area (Å²) >= 11 is 3.09. The lowest BCUT2D eigenvalue weighted by atomic mass is 10.2. The number of pyridine rings is 1. The summed E-state index contributed by atoms with van der Waals surface area (Å²) in [5.74, 6) is -1.17. The number of hydrogen-bond acceptors (Lipinski definition) is 5. The van der Waals surface area contributed by atoms with Crippen molar-refractivity contribution in [3.8, 4) is 11.4 Å². The molecule has 98 valence electrons. The summed E-state index contributed by atoms with van der Waals surface area (Å²) in [6, 6.07) is 2.53. The van der Waals surface area contributed by atoms with Gasteiger partial charge in [0.05, 0.1) is 4.92 Å². The fourth-order valence-corrected chi connectivity index (χ4v) is 1.87. The number of aromatic nitrogens is 3. The maximum absolute atomic E-state index is 11.0. The number of hydrogen-bond donors (Lipinski definition) is 1. The van der Waals surface area contributed by atoms with E-state index in [1.165, 1.54) is 25.4 Å². The Hall–Kier alpha value is -2.29.